The molecule has 5 rings (SSSR count). The van der Waals surface area contributed by atoms with Gasteiger partial charge in [-0.2, -0.15) is 11.3 Å². The topological polar surface area (TPSA) is 43.9 Å². The van der Waals surface area contributed by atoms with Gasteiger partial charge in [-0.3, -0.25) is 19.4 Å². The molecule has 2 aliphatic rings. The van der Waals surface area contributed by atoms with Crippen molar-refractivity contribution in [3.8, 4) is 0 Å². The molecule has 0 spiro atoms. The molecule has 0 bridgehead atoms. The van der Waals surface area contributed by atoms with Gasteiger partial charge >= 0.3 is 0 Å². The van der Waals surface area contributed by atoms with Crippen molar-refractivity contribution in [1.82, 2.24) is 9.80 Å². The number of rotatable bonds is 5. The van der Waals surface area contributed by atoms with E-state index < -0.39 is 0 Å². The Morgan fingerprint density at radius 3 is 2.32 bits per heavy atom. The van der Waals surface area contributed by atoms with Crippen molar-refractivity contribution in [3.05, 3.63) is 87.1 Å². The Morgan fingerprint density at radius 2 is 1.61 bits per heavy atom. The van der Waals surface area contributed by atoms with E-state index in [0.29, 0.717) is 17.7 Å². The van der Waals surface area contributed by atoms with Gasteiger partial charge in [-0.25, -0.2) is 0 Å². The van der Waals surface area contributed by atoms with Crippen molar-refractivity contribution in [2.24, 2.45) is 0 Å². The van der Waals surface area contributed by atoms with Crippen LogP contribution in [0.5, 0.6) is 0 Å². The second kappa shape index (κ2) is 8.29. The number of thiophene rings is 1. The van der Waals surface area contributed by atoms with Gasteiger partial charge in [-0.1, -0.05) is 35.9 Å². The highest BCUT2D eigenvalue weighted by molar-refractivity contribution is 7.07. The number of amides is 2. The minimum atomic E-state index is -0.189. The molecule has 1 saturated heterocycles. The number of aryl methyl sites for hydroxylation is 1. The van der Waals surface area contributed by atoms with Gasteiger partial charge in [-0.15, -0.1) is 0 Å². The summed E-state index contributed by atoms with van der Waals surface area (Å²) in [6, 6.07) is 16.3. The van der Waals surface area contributed by atoms with Crippen molar-refractivity contribution < 1.29 is 9.59 Å². The van der Waals surface area contributed by atoms with Crippen LogP contribution in [0, 0.1) is 6.92 Å². The quantitative estimate of drug-likeness (QED) is 0.569. The summed E-state index contributed by atoms with van der Waals surface area (Å²) in [5.41, 5.74) is 5.57. The van der Waals surface area contributed by atoms with E-state index in [1.165, 1.54) is 16.0 Å². The minimum Gasteiger partial charge on any atom is -0.368 e. The summed E-state index contributed by atoms with van der Waals surface area (Å²) in [6.07, 6.45) is 0. The first-order chi connectivity index (χ1) is 15.1. The summed E-state index contributed by atoms with van der Waals surface area (Å²) in [7, 11) is 0. The Labute approximate surface area is 186 Å². The Morgan fingerprint density at radius 1 is 0.839 bits per heavy atom. The van der Waals surface area contributed by atoms with Crippen LogP contribution in [0.3, 0.4) is 0 Å². The zero-order valence-electron chi connectivity index (χ0n) is 17.6. The van der Waals surface area contributed by atoms with Crippen LogP contribution >= 0.6 is 11.3 Å². The highest BCUT2D eigenvalue weighted by Gasteiger charge is 2.38. The molecule has 2 aliphatic heterocycles. The van der Waals surface area contributed by atoms with E-state index in [0.717, 1.165) is 44.0 Å². The van der Waals surface area contributed by atoms with E-state index in [4.69, 9.17) is 0 Å². The zero-order chi connectivity index (χ0) is 21.4. The number of nitrogens with zero attached hydrogens (tertiary/aromatic N) is 3. The first-order valence-electron chi connectivity index (χ1n) is 10.6. The molecule has 3 heterocycles. The number of benzene rings is 2. The monoisotopic (exact) mass is 431 g/mol. The number of fused-ring (bicyclic) bond motifs is 1. The Balaban J connectivity index is 1.30. The van der Waals surface area contributed by atoms with Crippen LogP contribution in [0.4, 0.5) is 5.69 Å². The van der Waals surface area contributed by atoms with Crippen LogP contribution in [0.2, 0.25) is 0 Å². The number of carbonyl (C=O) groups is 2. The second-order valence-corrected chi connectivity index (χ2v) is 9.06. The molecule has 31 heavy (non-hydrogen) atoms. The van der Waals surface area contributed by atoms with E-state index in [-0.39, 0.29) is 11.8 Å². The molecule has 158 valence electrons. The molecule has 2 amide bonds. The molecular formula is C25H25N3O2S. The lowest BCUT2D eigenvalue weighted by Gasteiger charge is -2.36. The molecule has 6 heteroatoms. The Bertz CT molecular complexity index is 1100. The molecule has 3 aromatic rings. The first-order valence-corrected chi connectivity index (χ1v) is 11.6. The standard InChI is InChI=1S/C25H25N3O2S/c1-18-5-7-19(8-6-18)15-26-10-12-27(13-11-26)22-4-2-3-21-23(22)25(30)28(24(21)29)16-20-9-14-31-17-20/h2-9,14,17H,10-13,15-16H2,1H3. The normalized spacial score (nSPS) is 16.8. The number of anilines is 1. The number of piperazine rings is 1. The van der Waals surface area contributed by atoms with Gasteiger partial charge in [0.1, 0.15) is 0 Å². The van der Waals surface area contributed by atoms with E-state index in [9.17, 15) is 9.59 Å². The molecule has 0 saturated carbocycles. The summed E-state index contributed by atoms with van der Waals surface area (Å²) in [6.45, 7) is 6.92. The van der Waals surface area contributed by atoms with Gasteiger partial charge in [0.15, 0.2) is 0 Å². The smallest absolute Gasteiger partial charge is 0.263 e. The largest absolute Gasteiger partial charge is 0.368 e. The van der Waals surface area contributed by atoms with E-state index >= 15 is 0 Å². The van der Waals surface area contributed by atoms with Crippen molar-refractivity contribution in [1.29, 1.82) is 0 Å². The highest BCUT2D eigenvalue weighted by Crippen LogP contribution is 2.33. The fourth-order valence-corrected chi connectivity index (χ4v) is 5.05. The Hall–Kier alpha value is -2.96. The SMILES string of the molecule is Cc1ccc(CN2CCN(c3cccc4c3C(=O)N(Cc3ccsc3)C4=O)CC2)cc1. The molecule has 1 aromatic heterocycles. The second-order valence-electron chi connectivity index (χ2n) is 8.28. The lowest BCUT2D eigenvalue weighted by atomic mass is 10.1. The van der Waals surface area contributed by atoms with Crippen LogP contribution in [-0.4, -0.2) is 47.8 Å². The third-order valence-corrected chi connectivity index (χ3v) is 6.87. The summed E-state index contributed by atoms with van der Waals surface area (Å²) in [5, 5.41) is 3.95. The van der Waals surface area contributed by atoms with E-state index in [2.05, 4.69) is 41.0 Å². The predicted octanol–water partition coefficient (Wildman–Crippen LogP) is 4.17. The average molecular weight is 432 g/mol. The maximum Gasteiger partial charge on any atom is 0.263 e. The molecule has 1 fully saturated rings. The zero-order valence-corrected chi connectivity index (χ0v) is 18.4. The van der Waals surface area contributed by atoms with Crippen LogP contribution in [0.25, 0.3) is 0 Å². The molecular weight excluding hydrogens is 406 g/mol. The third-order valence-electron chi connectivity index (χ3n) is 6.14. The molecule has 0 atom stereocenters. The lowest BCUT2D eigenvalue weighted by molar-refractivity contribution is 0.0642. The predicted molar refractivity (Wildman–Crippen MR) is 124 cm³/mol. The van der Waals surface area contributed by atoms with Crippen molar-refractivity contribution in [3.63, 3.8) is 0 Å². The van der Waals surface area contributed by atoms with Crippen LogP contribution < -0.4 is 4.90 Å². The minimum absolute atomic E-state index is 0.177. The van der Waals surface area contributed by atoms with Gasteiger partial charge in [0.2, 0.25) is 0 Å². The molecule has 2 aromatic carbocycles. The number of hydrogen-bond acceptors (Lipinski definition) is 5. The van der Waals surface area contributed by atoms with E-state index in [1.54, 1.807) is 17.4 Å². The first kappa shape index (κ1) is 20.0. The van der Waals surface area contributed by atoms with Gasteiger partial charge < -0.3 is 4.90 Å². The van der Waals surface area contributed by atoms with Crippen LogP contribution in [-0.2, 0) is 13.1 Å². The fraction of sp³-hybridized carbons (Fsp3) is 0.280. The van der Waals surface area contributed by atoms with E-state index in [1.807, 2.05) is 29.0 Å². The van der Waals surface area contributed by atoms with Gasteiger partial charge in [0.05, 0.1) is 23.4 Å². The molecule has 5 nitrogen and oxygen atoms in total. The Kier molecular flexibility index (Phi) is 5.34. The number of imide groups is 1. The number of carbonyl (C=O) groups excluding carboxylic acids is 2. The molecule has 0 unspecified atom stereocenters. The van der Waals surface area contributed by atoms with Crippen molar-refractivity contribution in [2.45, 2.75) is 20.0 Å². The molecule has 0 aliphatic carbocycles. The van der Waals surface area contributed by atoms with Crippen LogP contribution in [0.15, 0.2) is 59.3 Å². The van der Waals surface area contributed by atoms with Crippen molar-refractivity contribution in [2.75, 3.05) is 31.1 Å². The maximum absolute atomic E-state index is 13.2. The highest BCUT2D eigenvalue weighted by atomic mass is 32.1. The molecule has 0 radical (unpaired) electrons. The summed E-state index contributed by atoms with van der Waals surface area (Å²) < 4.78 is 0. The average Bonchev–Trinajstić information content (AvgIpc) is 3.39. The number of hydrogen-bond donors (Lipinski definition) is 0. The third kappa shape index (κ3) is 3.89. The fourth-order valence-electron chi connectivity index (χ4n) is 4.39. The maximum atomic E-state index is 13.2. The summed E-state index contributed by atoms with van der Waals surface area (Å²) in [4.78, 5) is 32.2. The van der Waals surface area contributed by atoms with Gasteiger partial charge in [0.25, 0.3) is 11.8 Å². The van der Waals surface area contributed by atoms with Gasteiger partial charge in [-0.05, 0) is 47.0 Å². The van der Waals surface area contributed by atoms with Gasteiger partial charge in [0, 0.05) is 32.7 Å². The van der Waals surface area contributed by atoms with Crippen molar-refractivity contribution >= 4 is 28.8 Å². The molecule has 0 N–H and O–H groups in total. The summed E-state index contributed by atoms with van der Waals surface area (Å²) >= 11 is 1.57. The van der Waals surface area contributed by atoms with Crippen LogP contribution in [0.1, 0.15) is 37.4 Å². The lowest BCUT2D eigenvalue weighted by Crippen LogP contribution is -2.46. The summed E-state index contributed by atoms with van der Waals surface area (Å²) in [5.74, 6) is -0.366.